The molecule has 4 aromatic rings. The second kappa shape index (κ2) is 7.49. The molecule has 1 aromatic carbocycles. The molecule has 0 saturated heterocycles. The number of hydrogen-bond acceptors (Lipinski definition) is 8. The molecule has 2 N–H and O–H groups in total. The first-order valence-corrected chi connectivity index (χ1v) is 10.4. The summed E-state index contributed by atoms with van der Waals surface area (Å²) in [4.78, 5) is 14.8. The largest absolute Gasteiger partial charge is 0.491 e. The van der Waals surface area contributed by atoms with Gasteiger partial charge in [-0.2, -0.15) is 0 Å². The summed E-state index contributed by atoms with van der Waals surface area (Å²) in [7, 11) is 1.65. The monoisotopic (exact) mass is 411 g/mol. The number of benzene rings is 1. The van der Waals surface area contributed by atoms with E-state index in [0.717, 1.165) is 63.8 Å². The van der Waals surface area contributed by atoms with Gasteiger partial charge in [-0.05, 0) is 25.0 Å². The van der Waals surface area contributed by atoms with Gasteiger partial charge in [0.15, 0.2) is 11.0 Å². The van der Waals surface area contributed by atoms with Crippen molar-refractivity contribution in [2.75, 3.05) is 32.7 Å². The van der Waals surface area contributed by atoms with Crippen molar-refractivity contribution in [1.82, 2.24) is 19.5 Å². The molecule has 5 rings (SSSR count). The van der Waals surface area contributed by atoms with Crippen molar-refractivity contribution in [3.63, 3.8) is 0 Å². The Morgan fingerprint density at radius 1 is 1.14 bits per heavy atom. The van der Waals surface area contributed by atoms with Crippen LogP contribution in [0.2, 0.25) is 0 Å². The number of nitrogens with two attached hydrogens (primary N) is 1. The van der Waals surface area contributed by atoms with Gasteiger partial charge in [0, 0.05) is 25.8 Å². The summed E-state index contributed by atoms with van der Waals surface area (Å²) in [6, 6.07) is 7.77. The molecule has 0 amide bonds. The van der Waals surface area contributed by atoms with E-state index < -0.39 is 0 Å². The summed E-state index contributed by atoms with van der Waals surface area (Å²) in [5.41, 5.74) is 9.25. The third-order valence-corrected chi connectivity index (χ3v) is 5.67. The highest BCUT2D eigenvalue weighted by atomic mass is 32.1. The van der Waals surface area contributed by atoms with Crippen molar-refractivity contribution in [2.24, 2.45) is 0 Å². The zero-order valence-electron chi connectivity index (χ0n) is 16.1. The van der Waals surface area contributed by atoms with Crippen molar-refractivity contribution in [1.29, 1.82) is 0 Å². The van der Waals surface area contributed by atoms with Crippen LogP contribution in [-0.4, -0.2) is 46.4 Å². The number of thiazole rings is 1. The van der Waals surface area contributed by atoms with Gasteiger partial charge in [-0.1, -0.05) is 11.3 Å². The summed E-state index contributed by atoms with van der Waals surface area (Å²) >= 11 is 1.38. The van der Waals surface area contributed by atoms with E-state index in [-0.39, 0.29) is 0 Å². The summed E-state index contributed by atoms with van der Waals surface area (Å²) in [5, 5.41) is 0.515. The lowest BCUT2D eigenvalue weighted by Gasteiger charge is -2.17. The second-order valence-electron chi connectivity index (χ2n) is 6.85. The van der Waals surface area contributed by atoms with Gasteiger partial charge in [-0.3, -0.25) is 0 Å². The topological polar surface area (TPSA) is 97.3 Å². The van der Waals surface area contributed by atoms with Crippen molar-refractivity contribution in [2.45, 2.75) is 19.4 Å². The van der Waals surface area contributed by atoms with Crippen LogP contribution in [0.4, 0.5) is 5.13 Å². The summed E-state index contributed by atoms with van der Waals surface area (Å²) < 4.78 is 19.1. The van der Waals surface area contributed by atoms with Crippen LogP contribution < -0.4 is 15.2 Å². The molecule has 29 heavy (non-hydrogen) atoms. The molecule has 0 aliphatic carbocycles. The van der Waals surface area contributed by atoms with Gasteiger partial charge < -0.3 is 24.5 Å². The van der Waals surface area contributed by atoms with Crippen LogP contribution in [0.5, 0.6) is 11.5 Å². The first kappa shape index (κ1) is 18.1. The van der Waals surface area contributed by atoms with Crippen LogP contribution in [-0.2, 0) is 11.3 Å². The smallest absolute Gasteiger partial charge is 0.182 e. The quantitative estimate of drug-likeness (QED) is 0.502. The van der Waals surface area contributed by atoms with Gasteiger partial charge >= 0.3 is 0 Å². The molecule has 0 atom stereocenters. The van der Waals surface area contributed by atoms with Gasteiger partial charge in [0.1, 0.15) is 39.7 Å². The minimum Gasteiger partial charge on any atom is -0.491 e. The van der Waals surface area contributed by atoms with E-state index in [2.05, 4.69) is 9.55 Å². The first-order valence-electron chi connectivity index (χ1n) is 9.55. The Hall–Kier alpha value is -2.91. The van der Waals surface area contributed by atoms with Gasteiger partial charge in [-0.15, -0.1) is 0 Å². The zero-order valence-corrected chi connectivity index (χ0v) is 16.9. The number of rotatable bonds is 5. The average Bonchev–Trinajstić information content (AvgIpc) is 3.24. The third kappa shape index (κ3) is 3.36. The number of ether oxygens (including phenoxy) is 3. The van der Waals surface area contributed by atoms with E-state index in [1.807, 2.05) is 24.3 Å². The Bertz CT molecular complexity index is 1190. The number of fused-ring (bicyclic) bond motifs is 1. The molecule has 0 fully saturated rings. The number of nitrogens with zero attached hydrogens (tertiary/aromatic N) is 4. The van der Waals surface area contributed by atoms with Crippen LogP contribution in [0.3, 0.4) is 0 Å². The maximum atomic E-state index is 6.05. The summed E-state index contributed by atoms with van der Waals surface area (Å²) in [5.74, 6) is 2.33. The van der Waals surface area contributed by atoms with E-state index in [4.69, 9.17) is 29.9 Å². The predicted molar refractivity (Wildman–Crippen MR) is 113 cm³/mol. The number of imidazole rings is 1. The Kier molecular flexibility index (Phi) is 4.69. The molecular weight excluding hydrogens is 390 g/mol. The average molecular weight is 411 g/mol. The Morgan fingerprint density at radius 3 is 2.97 bits per heavy atom. The predicted octanol–water partition coefficient (Wildman–Crippen LogP) is 3.49. The van der Waals surface area contributed by atoms with E-state index in [1.54, 1.807) is 7.11 Å². The lowest BCUT2D eigenvalue weighted by Crippen LogP contribution is -2.09. The molecular formula is C20H21N5O3S. The van der Waals surface area contributed by atoms with E-state index in [0.29, 0.717) is 25.0 Å². The molecule has 0 spiro atoms. The fourth-order valence-electron chi connectivity index (χ4n) is 3.57. The lowest BCUT2D eigenvalue weighted by atomic mass is 10.2. The highest BCUT2D eigenvalue weighted by molar-refractivity contribution is 7.21. The molecule has 8 nitrogen and oxygen atoms in total. The minimum atomic E-state index is 0.472. The number of hydrogen-bond donors (Lipinski definition) is 1. The van der Waals surface area contributed by atoms with Crippen molar-refractivity contribution in [3.8, 4) is 23.0 Å². The minimum absolute atomic E-state index is 0.472. The van der Waals surface area contributed by atoms with Crippen LogP contribution in [0, 0.1) is 0 Å². The summed E-state index contributed by atoms with van der Waals surface area (Å²) in [6.07, 6.45) is 1.99. The maximum absolute atomic E-state index is 6.05. The van der Waals surface area contributed by atoms with E-state index in [1.165, 1.54) is 11.3 Å². The van der Waals surface area contributed by atoms with E-state index >= 15 is 0 Å². The molecule has 0 unspecified atom stereocenters. The number of aryl methyl sites for hydroxylation is 1. The lowest BCUT2D eigenvalue weighted by molar-refractivity contribution is 0.146. The number of aromatic nitrogens is 4. The van der Waals surface area contributed by atoms with Crippen molar-refractivity contribution < 1.29 is 14.2 Å². The fourth-order valence-corrected chi connectivity index (χ4v) is 4.27. The maximum Gasteiger partial charge on any atom is 0.182 e. The van der Waals surface area contributed by atoms with Gasteiger partial charge in [0.05, 0.1) is 18.7 Å². The van der Waals surface area contributed by atoms with Gasteiger partial charge in [0.2, 0.25) is 0 Å². The fraction of sp³-hybridized carbons (Fsp3) is 0.350. The molecule has 0 saturated carbocycles. The molecule has 4 heterocycles. The Morgan fingerprint density at radius 2 is 2.07 bits per heavy atom. The molecule has 150 valence electrons. The summed E-state index contributed by atoms with van der Waals surface area (Å²) in [6.45, 7) is 2.54. The first-order chi connectivity index (χ1) is 14.2. The molecule has 1 aliphatic heterocycles. The highest BCUT2D eigenvalue weighted by Gasteiger charge is 2.21. The van der Waals surface area contributed by atoms with Crippen molar-refractivity contribution >= 4 is 37.8 Å². The number of methoxy groups -OCH3 is 1. The van der Waals surface area contributed by atoms with Crippen LogP contribution >= 0.6 is 11.3 Å². The highest BCUT2D eigenvalue weighted by Crippen LogP contribution is 2.36. The third-order valence-electron chi connectivity index (χ3n) is 4.87. The van der Waals surface area contributed by atoms with Gasteiger partial charge in [0.25, 0.3) is 0 Å². The number of anilines is 1. The van der Waals surface area contributed by atoms with Crippen LogP contribution in [0.25, 0.3) is 32.9 Å². The number of nitrogen functional groups attached to an aromatic ring is 1. The Labute approximate surface area is 171 Å². The second-order valence-corrected chi connectivity index (χ2v) is 7.85. The number of pyridine rings is 1. The zero-order chi connectivity index (χ0) is 19.8. The molecule has 3 aromatic heterocycles. The molecule has 1 aliphatic rings. The van der Waals surface area contributed by atoms with Crippen LogP contribution in [0.15, 0.2) is 24.3 Å². The van der Waals surface area contributed by atoms with Crippen molar-refractivity contribution in [3.05, 3.63) is 24.3 Å². The standard InChI is InChI=1S/C20H21N5O3S/c1-26-8-9-27-12-10-15-17-16(11-12)28-7-3-2-6-25(17)18(22-15)13-4-5-14-19(23-13)29-20(21)24-14/h4-5,10-11H,2-3,6-9H2,1H3,(H2,21,24). The van der Waals surface area contributed by atoms with Gasteiger partial charge in [-0.25, -0.2) is 15.0 Å². The molecule has 9 heteroatoms. The molecule has 0 bridgehead atoms. The van der Waals surface area contributed by atoms with Crippen LogP contribution in [0.1, 0.15) is 12.8 Å². The normalized spacial score (nSPS) is 14.0. The SMILES string of the molecule is COCCOc1cc2c3c(c1)nc(-c1ccc4nc(N)sc4n1)n3CCCCO2. The molecule has 0 radical (unpaired) electrons. The Balaban J connectivity index is 1.65. The van der Waals surface area contributed by atoms with E-state index in [9.17, 15) is 0 Å².